The zero-order chi connectivity index (χ0) is 14.0. The maximum absolute atomic E-state index is 13.7. The lowest BCUT2D eigenvalue weighted by molar-refractivity contribution is 0.139. The summed E-state index contributed by atoms with van der Waals surface area (Å²) in [5, 5.41) is -0.227. The van der Waals surface area contributed by atoms with Gasteiger partial charge in [-0.05, 0) is 42.5 Å². The fourth-order valence-corrected chi connectivity index (χ4v) is 2.59. The van der Waals surface area contributed by atoms with Gasteiger partial charge in [-0.3, -0.25) is 0 Å². The lowest BCUT2D eigenvalue weighted by atomic mass is 10.3. The van der Waals surface area contributed by atoms with Crippen LogP contribution in [0.25, 0.3) is 11.0 Å². The fraction of sp³-hybridized carbons (Fsp3) is 0.462. The second-order valence-corrected chi connectivity index (χ2v) is 6.01. The minimum absolute atomic E-state index is 0.227. The van der Waals surface area contributed by atoms with Gasteiger partial charge in [0.05, 0.1) is 26.6 Å². The molecular weight excluding hydrogens is 382 g/mol. The first-order valence-corrected chi connectivity index (χ1v) is 7.63. The normalized spacial score (nSPS) is 13.1. The van der Waals surface area contributed by atoms with Gasteiger partial charge in [-0.15, -0.1) is 11.6 Å². The van der Waals surface area contributed by atoms with Crippen LogP contribution in [0.2, 0.25) is 0 Å². The third kappa shape index (κ3) is 3.20. The number of benzene rings is 1. The highest BCUT2D eigenvalue weighted by Crippen LogP contribution is 2.27. The molecule has 0 saturated carbocycles. The zero-order valence-corrected chi connectivity index (χ0v) is 13.7. The molecule has 104 valence electrons. The number of nitrogens with zero attached hydrogens (tertiary/aromatic N) is 2. The lowest BCUT2D eigenvalue weighted by Crippen LogP contribution is -2.10. The van der Waals surface area contributed by atoms with E-state index in [1.165, 1.54) is 6.07 Å². The first-order valence-electron chi connectivity index (χ1n) is 6.11. The largest absolute Gasteiger partial charge is 0.380 e. The number of alkyl halides is 1. The van der Waals surface area contributed by atoms with Crippen LogP contribution in [0.1, 0.15) is 25.0 Å². The molecule has 0 fully saturated rings. The lowest BCUT2D eigenvalue weighted by Gasteiger charge is -2.10. The van der Waals surface area contributed by atoms with Crippen molar-refractivity contribution in [3.63, 3.8) is 0 Å². The number of aromatic nitrogens is 2. The molecule has 0 aliphatic carbocycles. The molecule has 0 amide bonds. The zero-order valence-electron chi connectivity index (χ0n) is 10.8. The van der Waals surface area contributed by atoms with Crippen LogP contribution in [-0.4, -0.2) is 22.8 Å². The second-order valence-electron chi connectivity index (χ2n) is 4.19. The summed E-state index contributed by atoms with van der Waals surface area (Å²) in [5.74, 6) is 0.511. The first kappa shape index (κ1) is 15.0. The summed E-state index contributed by atoms with van der Waals surface area (Å²) in [6.07, 6.45) is 0. The van der Waals surface area contributed by atoms with Crippen molar-refractivity contribution in [2.75, 3.05) is 13.2 Å². The quantitative estimate of drug-likeness (QED) is 0.432. The van der Waals surface area contributed by atoms with Gasteiger partial charge in [0.2, 0.25) is 0 Å². The number of ether oxygens (including phenoxy) is 1. The standard InChI is InChI=1S/C13H15ClFIN2O/c1-3-19-5-4-18-12-6-9(15)10(16)7-11(12)17-13(18)8(2)14/h6-8H,3-5H2,1-2H3. The molecule has 0 saturated heterocycles. The van der Waals surface area contributed by atoms with Crippen LogP contribution in [0.3, 0.4) is 0 Å². The molecule has 0 aliphatic rings. The van der Waals surface area contributed by atoms with Crippen molar-refractivity contribution in [2.24, 2.45) is 0 Å². The summed E-state index contributed by atoms with van der Waals surface area (Å²) >= 11 is 8.12. The third-order valence-electron chi connectivity index (χ3n) is 2.84. The van der Waals surface area contributed by atoms with Crippen LogP contribution in [0, 0.1) is 9.39 Å². The van der Waals surface area contributed by atoms with E-state index in [0.717, 1.165) is 16.9 Å². The SMILES string of the molecule is CCOCCn1c(C(C)Cl)nc2cc(I)c(F)cc21. The van der Waals surface area contributed by atoms with Gasteiger partial charge in [-0.25, -0.2) is 9.37 Å². The Kier molecular flexibility index (Phi) is 5.03. The Morgan fingerprint density at radius 2 is 2.26 bits per heavy atom. The molecule has 1 atom stereocenters. The predicted octanol–water partition coefficient (Wildman–Crippen LogP) is 4.12. The summed E-state index contributed by atoms with van der Waals surface area (Å²) in [6, 6.07) is 3.25. The van der Waals surface area contributed by atoms with Crippen LogP contribution in [-0.2, 0) is 11.3 Å². The van der Waals surface area contributed by atoms with E-state index in [2.05, 4.69) is 4.98 Å². The van der Waals surface area contributed by atoms with Gasteiger partial charge in [-0.2, -0.15) is 0 Å². The Hall–Kier alpha value is -0.400. The highest BCUT2D eigenvalue weighted by atomic mass is 127. The molecule has 0 radical (unpaired) electrons. The number of fused-ring (bicyclic) bond motifs is 1. The van der Waals surface area contributed by atoms with Crippen molar-refractivity contribution in [3.8, 4) is 0 Å². The average Bonchev–Trinajstić information content (AvgIpc) is 2.69. The molecule has 1 unspecified atom stereocenters. The van der Waals surface area contributed by atoms with Crippen LogP contribution in [0.4, 0.5) is 4.39 Å². The monoisotopic (exact) mass is 396 g/mol. The van der Waals surface area contributed by atoms with E-state index >= 15 is 0 Å². The van der Waals surface area contributed by atoms with Gasteiger partial charge in [0.15, 0.2) is 0 Å². The van der Waals surface area contributed by atoms with Crippen molar-refractivity contribution in [3.05, 3.63) is 27.3 Å². The number of hydrogen-bond acceptors (Lipinski definition) is 2. The van der Waals surface area contributed by atoms with Crippen molar-refractivity contribution >= 4 is 45.2 Å². The highest BCUT2D eigenvalue weighted by molar-refractivity contribution is 14.1. The Labute approximate surface area is 130 Å². The van der Waals surface area contributed by atoms with Crippen LogP contribution in [0.5, 0.6) is 0 Å². The molecule has 6 heteroatoms. The molecule has 19 heavy (non-hydrogen) atoms. The molecule has 0 bridgehead atoms. The molecule has 1 aromatic carbocycles. The van der Waals surface area contributed by atoms with E-state index in [1.807, 2.05) is 41.0 Å². The summed E-state index contributed by atoms with van der Waals surface area (Å²) < 4.78 is 21.6. The van der Waals surface area contributed by atoms with Crippen LogP contribution >= 0.6 is 34.2 Å². The molecule has 2 aromatic rings. The first-order chi connectivity index (χ1) is 9.04. The van der Waals surface area contributed by atoms with Crippen molar-refractivity contribution in [2.45, 2.75) is 25.8 Å². The highest BCUT2D eigenvalue weighted by Gasteiger charge is 2.16. The van der Waals surface area contributed by atoms with Crippen LogP contribution < -0.4 is 0 Å². The van der Waals surface area contributed by atoms with Crippen molar-refractivity contribution in [1.82, 2.24) is 9.55 Å². The molecule has 2 rings (SSSR count). The number of rotatable bonds is 5. The van der Waals surface area contributed by atoms with E-state index < -0.39 is 0 Å². The van der Waals surface area contributed by atoms with E-state index in [0.29, 0.717) is 23.3 Å². The van der Waals surface area contributed by atoms with E-state index in [4.69, 9.17) is 16.3 Å². The Bertz CT molecular complexity index is 586. The van der Waals surface area contributed by atoms with Gasteiger partial charge in [-0.1, -0.05) is 0 Å². The predicted molar refractivity (Wildman–Crippen MR) is 83.2 cm³/mol. The fourth-order valence-electron chi connectivity index (χ4n) is 1.98. The summed E-state index contributed by atoms with van der Waals surface area (Å²) in [5.41, 5.74) is 1.53. The smallest absolute Gasteiger partial charge is 0.138 e. The molecular formula is C13H15ClFIN2O. The number of hydrogen-bond donors (Lipinski definition) is 0. The molecule has 1 heterocycles. The molecule has 3 nitrogen and oxygen atoms in total. The Morgan fingerprint density at radius 3 is 2.89 bits per heavy atom. The van der Waals surface area contributed by atoms with Gasteiger partial charge < -0.3 is 9.30 Å². The maximum atomic E-state index is 13.7. The maximum Gasteiger partial charge on any atom is 0.138 e. The van der Waals surface area contributed by atoms with Gasteiger partial charge in [0.1, 0.15) is 11.6 Å². The molecule has 1 aromatic heterocycles. The van der Waals surface area contributed by atoms with Gasteiger partial charge in [0.25, 0.3) is 0 Å². The summed E-state index contributed by atoms with van der Waals surface area (Å²) in [4.78, 5) is 4.50. The molecule has 0 N–H and O–H groups in total. The van der Waals surface area contributed by atoms with E-state index in [9.17, 15) is 4.39 Å². The third-order valence-corrected chi connectivity index (χ3v) is 3.86. The van der Waals surface area contributed by atoms with Crippen molar-refractivity contribution < 1.29 is 9.13 Å². The summed E-state index contributed by atoms with van der Waals surface area (Å²) in [7, 11) is 0. The Morgan fingerprint density at radius 1 is 1.53 bits per heavy atom. The second kappa shape index (κ2) is 6.37. The summed E-state index contributed by atoms with van der Waals surface area (Å²) in [6.45, 7) is 5.65. The number of imidazole rings is 1. The van der Waals surface area contributed by atoms with E-state index in [-0.39, 0.29) is 11.2 Å². The van der Waals surface area contributed by atoms with E-state index in [1.54, 1.807) is 6.07 Å². The topological polar surface area (TPSA) is 27.1 Å². The molecule has 0 aliphatic heterocycles. The van der Waals surface area contributed by atoms with Gasteiger partial charge in [0, 0.05) is 19.2 Å². The minimum Gasteiger partial charge on any atom is -0.380 e. The molecule has 0 spiro atoms. The average molecular weight is 397 g/mol. The van der Waals surface area contributed by atoms with Crippen LogP contribution in [0.15, 0.2) is 12.1 Å². The van der Waals surface area contributed by atoms with Crippen molar-refractivity contribution in [1.29, 1.82) is 0 Å². The number of halogens is 3. The van der Waals surface area contributed by atoms with Gasteiger partial charge >= 0.3 is 0 Å². The Balaban J connectivity index is 2.49. The minimum atomic E-state index is -0.237.